The highest BCUT2D eigenvalue weighted by atomic mass is 16.2. The van der Waals surface area contributed by atoms with Gasteiger partial charge in [0, 0.05) is 24.0 Å². The van der Waals surface area contributed by atoms with E-state index in [9.17, 15) is 9.59 Å². The van der Waals surface area contributed by atoms with Crippen molar-refractivity contribution in [3.05, 3.63) is 35.9 Å². The first-order valence-corrected chi connectivity index (χ1v) is 9.05. The molecule has 0 saturated carbocycles. The van der Waals surface area contributed by atoms with Crippen LogP contribution >= 0.6 is 0 Å². The van der Waals surface area contributed by atoms with Gasteiger partial charge in [-0.25, -0.2) is 9.59 Å². The Morgan fingerprint density at radius 3 is 2.00 bits per heavy atom. The van der Waals surface area contributed by atoms with E-state index in [4.69, 9.17) is 0 Å². The van der Waals surface area contributed by atoms with Crippen LogP contribution in [0.2, 0.25) is 0 Å². The predicted molar refractivity (Wildman–Crippen MR) is 96.9 cm³/mol. The average Bonchev–Trinajstić information content (AvgIpc) is 2.53. The molecule has 25 heavy (non-hydrogen) atoms. The van der Waals surface area contributed by atoms with Gasteiger partial charge >= 0.3 is 12.1 Å². The zero-order chi connectivity index (χ0) is 18.3. The van der Waals surface area contributed by atoms with Gasteiger partial charge in [-0.1, -0.05) is 30.3 Å². The molecule has 0 radical (unpaired) electrons. The van der Waals surface area contributed by atoms with Crippen molar-refractivity contribution < 1.29 is 9.59 Å². The summed E-state index contributed by atoms with van der Waals surface area (Å²) in [5.41, 5.74) is 1.10. The maximum atomic E-state index is 12.9. The number of hydrogen-bond donors (Lipinski definition) is 2. The monoisotopic (exact) mass is 344 g/mol. The lowest BCUT2D eigenvalue weighted by Gasteiger charge is -2.55. The summed E-state index contributed by atoms with van der Waals surface area (Å²) in [5, 5.41) is 6.19. The van der Waals surface area contributed by atoms with E-state index in [2.05, 4.69) is 22.8 Å². The second-order valence-electron chi connectivity index (χ2n) is 7.57. The van der Waals surface area contributed by atoms with Gasteiger partial charge in [0.2, 0.25) is 0 Å². The molecule has 4 atom stereocenters. The molecule has 136 valence electrons. The van der Waals surface area contributed by atoms with Gasteiger partial charge in [-0.05, 0) is 40.2 Å². The van der Waals surface area contributed by atoms with Crippen LogP contribution in [-0.2, 0) is 0 Å². The van der Waals surface area contributed by atoms with Crippen molar-refractivity contribution in [2.45, 2.75) is 65.0 Å². The Morgan fingerprint density at radius 2 is 1.44 bits per heavy atom. The van der Waals surface area contributed by atoms with Crippen molar-refractivity contribution in [3.63, 3.8) is 0 Å². The number of carbonyl (C=O) groups excluding carboxylic acids is 2. The molecule has 1 aromatic rings. The maximum absolute atomic E-state index is 12.9. The highest BCUT2D eigenvalue weighted by Crippen LogP contribution is 2.40. The first-order valence-electron chi connectivity index (χ1n) is 9.05. The molecule has 0 aromatic heterocycles. The van der Waals surface area contributed by atoms with Crippen molar-refractivity contribution in [2.24, 2.45) is 5.92 Å². The van der Waals surface area contributed by atoms with E-state index in [0.717, 1.165) is 5.56 Å². The number of nitrogens with zero attached hydrogens (tertiary/aromatic N) is 2. The molecule has 2 aliphatic rings. The molecule has 3 rings (SSSR count). The van der Waals surface area contributed by atoms with Crippen LogP contribution in [-0.4, -0.2) is 46.2 Å². The van der Waals surface area contributed by atoms with Crippen LogP contribution in [0.1, 0.15) is 46.2 Å². The molecule has 2 saturated heterocycles. The van der Waals surface area contributed by atoms with E-state index in [0.29, 0.717) is 0 Å². The number of urea groups is 2. The Labute approximate surface area is 149 Å². The fourth-order valence-electron chi connectivity index (χ4n) is 4.22. The molecular weight excluding hydrogens is 316 g/mol. The Kier molecular flexibility index (Phi) is 4.62. The minimum atomic E-state index is -0.309. The van der Waals surface area contributed by atoms with Crippen LogP contribution in [0, 0.1) is 5.92 Å². The van der Waals surface area contributed by atoms with Crippen molar-refractivity contribution in [1.82, 2.24) is 20.4 Å². The Bertz CT molecular complexity index is 646. The second kappa shape index (κ2) is 6.58. The quantitative estimate of drug-likeness (QED) is 0.885. The molecule has 6 heteroatoms. The molecule has 1 aromatic carbocycles. The average molecular weight is 344 g/mol. The van der Waals surface area contributed by atoms with Crippen LogP contribution in [0.3, 0.4) is 0 Å². The molecule has 4 amide bonds. The molecule has 2 heterocycles. The standard InChI is InChI=1S/C19H28N4O2/c1-11(2)22-16(14-9-7-6-8-10-14)15-13(5)20-18(24)23(12(3)4)17(15)21-19(22)25/h6-13,15-17H,1-5H3,(H,20,24)(H,21,25)/t13-,15-,16+,17-/m1/s1. The lowest BCUT2D eigenvalue weighted by atomic mass is 9.80. The van der Waals surface area contributed by atoms with Gasteiger partial charge in [0.05, 0.1) is 6.04 Å². The first kappa shape index (κ1) is 17.6. The first-order chi connectivity index (χ1) is 11.8. The van der Waals surface area contributed by atoms with Gasteiger partial charge in [-0.2, -0.15) is 0 Å². The van der Waals surface area contributed by atoms with Crippen molar-refractivity contribution in [3.8, 4) is 0 Å². The summed E-state index contributed by atoms with van der Waals surface area (Å²) in [5.74, 6) is 0.0580. The molecule has 2 N–H and O–H groups in total. The van der Waals surface area contributed by atoms with Gasteiger partial charge in [0.15, 0.2) is 0 Å². The number of hydrogen-bond acceptors (Lipinski definition) is 2. The normalized spacial score (nSPS) is 29.6. The van der Waals surface area contributed by atoms with Crippen LogP contribution in [0.5, 0.6) is 0 Å². The maximum Gasteiger partial charge on any atom is 0.319 e. The van der Waals surface area contributed by atoms with Gasteiger partial charge in [0.1, 0.15) is 6.17 Å². The Balaban J connectivity index is 2.10. The fraction of sp³-hybridized carbons (Fsp3) is 0.579. The third-order valence-electron chi connectivity index (χ3n) is 5.25. The zero-order valence-corrected chi connectivity index (χ0v) is 15.6. The van der Waals surface area contributed by atoms with Gasteiger partial charge in [-0.15, -0.1) is 0 Å². The van der Waals surface area contributed by atoms with Crippen LogP contribution in [0.4, 0.5) is 9.59 Å². The number of fused-ring (bicyclic) bond motifs is 1. The molecule has 0 spiro atoms. The minimum absolute atomic E-state index is 0.00215. The number of rotatable bonds is 3. The van der Waals surface area contributed by atoms with E-state index in [1.807, 2.05) is 57.7 Å². The summed E-state index contributed by atoms with van der Waals surface area (Å²) in [6.45, 7) is 10.0. The van der Waals surface area contributed by atoms with E-state index >= 15 is 0 Å². The van der Waals surface area contributed by atoms with Crippen molar-refractivity contribution in [2.75, 3.05) is 0 Å². The number of nitrogens with one attached hydrogen (secondary N) is 2. The van der Waals surface area contributed by atoms with Gasteiger partial charge in [-0.3, -0.25) is 0 Å². The van der Waals surface area contributed by atoms with Crippen molar-refractivity contribution in [1.29, 1.82) is 0 Å². The minimum Gasteiger partial charge on any atom is -0.335 e. The van der Waals surface area contributed by atoms with Crippen molar-refractivity contribution >= 4 is 12.1 Å². The molecule has 2 fully saturated rings. The van der Waals surface area contributed by atoms with E-state index in [1.54, 1.807) is 4.90 Å². The van der Waals surface area contributed by atoms with Crippen LogP contribution in [0.25, 0.3) is 0 Å². The predicted octanol–water partition coefficient (Wildman–Crippen LogP) is 2.93. The lowest BCUT2D eigenvalue weighted by molar-refractivity contribution is -0.0116. The van der Waals surface area contributed by atoms with Gasteiger partial charge < -0.3 is 20.4 Å². The summed E-state index contributed by atoms with van der Waals surface area (Å²) < 4.78 is 0. The summed E-state index contributed by atoms with van der Waals surface area (Å²) in [6, 6.07) is 9.82. The molecule has 0 unspecified atom stereocenters. The zero-order valence-electron chi connectivity index (χ0n) is 15.6. The second-order valence-corrected chi connectivity index (χ2v) is 7.57. The number of amides is 4. The molecule has 2 aliphatic heterocycles. The molecular formula is C19H28N4O2. The van der Waals surface area contributed by atoms with E-state index in [-0.39, 0.29) is 48.3 Å². The van der Waals surface area contributed by atoms with Crippen LogP contribution < -0.4 is 10.6 Å². The summed E-state index contributed by atoms with van der Waals surface area (Å²) in [6.07, 6.45) is -0.309. The van der Waals surface area contributed by atoms with Gasteiger partial charge in [0.25, 0.3) is 0 Å². The van der Waals surface area contributed by atoms with E-state index in [1.165, 1.54) is 0 Å². The summed E-state index contributed by atoms with van der Waals surface area (Å²) in [4.78, 5) is 29.1. The molecule has 6 nitrogen and oxygen atoms in total. The summed E-state index contributed by atoms with van der Waals surface area (Å²) >= 11 is 0. The fourth-order valence-corrected chi connectivity index (χ4v) is 4.22. The third-order valence-corrected chi connectivity index (χ3v) is 5.25. The SMILES string of the molecule is CC(C)N1C(=O)N[C@H](C)[C@H]2[C@@H]1NC(=O)N(C(C)C)[C@H]2c1ccccc1. The number of carbonyl (C=O) groups is 2. The lowest BCUT2D eigenvalue weighted by Crippen LogP contribution is -2.74. The molecule has 0 bridgehead atoms. The summed E-state index contributed by atoms with van der Waals surface area (Å²) in [7, 11) is 0. The molecule has 0 aliphatic carbocycles. The van der Waals surface area contributed by atoms with E-state index < -0.39 is 0 Å². The Hall–Kier alpha value is -2.24. The topological polar surface area (TPSA) is 64.7 Å². The smallest absolute Gasteiger partial charge is 0.319 e. The largest absolute Gasteiger partial charge is 0.335 e. The highest BCUT2D eigenvalue weighted by molar-refractivity contribution is 5.81. The highest BCUT2D eigenvalue weighted by Gasteiger charge is 2.52. The third kappa shape index (κ3) is 2.94. The Morgan fingerprint density at radius 1 is 0.880 bits per heavy atom. The van der Waals surface area contributed by atoms with Crippen LogP contribution in [0.15, 0.2) is 30.3 Å². The number of benzene rings is 1.